The van der Waals surface area contributed by atoms with Crippen molar-refractivity contribution in [2.45, 2.75) is 30.3 Å². The lowest BCUT2D eigenvalue weighted by molar-refractivity contribution is -0.141. The molecule has 100 valence electrons. The zero-order valence-corrected chi connectivity index (χ0v) is 10.1. The monoisotopic (exact) mass is 280 g/mol. The number of aromatic amines is 1. The van der Waals surface area contributed by atoms with Crippen LogP contribution in [0.25, 0.3) is 0 Å². The standard InChI is InChI=1S/C10H11F3N2O2S/c11-10(12,13)7-4-8(16)15-9(14-7)18-5-6-2-1-3-17-6/h4,6H,1-3,5H2,(H,14,15,16)/t6-/m0/s1. The number of alkyl halides is 3. The van der Waals surface area contributed by atoms with Crippen LogP contribution in [-0.4, -0.2) is 28.4 Å². The van der Waals surface area contributed by atoms with Gasteiger partial charge in [0, 0.05) is 18.4 Å². The maximum Gasteiger partial charge on any atom is 0.433 e. The van der Waals surface area contributed by atoms with Gasteiger partial charge in [-0.25, -0.2) is 4.98 Å². The Balaban J connectivity index is 2.08. The Labute approximate surface area is 105 Å². The average molecular weight is 280 g/mol. The molecule has 0 radical (unpaired) electrons. The molecule has 2 rings (SSSR count). The molecule has 0 spiro atoms. The molecule has 1 aliphatic heterocycles. The summed E-state index contributed by atoms with van der Waals surface area (Å²) in [5, 5.41) is -0.0228. The van der Waals surface area contributed by atoms with Gasteiger partial charge in [-0.2, -0.15) is 13.2 Å². The highest BCUT2D eigenvalue weighted by Crippen LogP contribution is 2.28. The maximum absolute atomic E-state index is 12.4. The van der Waals surface area contributed by atoms with E-state index >= 15 is 0 Å². The number of ether oxygens (including phenoxy) is 1. The van der Waals surface area contributed by atoms with Crippen LogP contribution in [0.2, 0.25) is 0 Å². The Morgan fingerprint density at radius 3 is 2.94 bits per heavy atom. The zero-order valence-electron chi connectivity index (χ0n) is 9.29. The molecule has 1 N–H and O–H groups in total. The minimum atomic E-state index is -4.60. The minimum Gasteiger partial charge on any atom is -0.377 e. The molecule has 0 aromatic carbocycles. The van der Waals surface area contributed by atoms with Gasteiger partial charge in [0.1, 0.15) is 0 Å². The van der Waals surface area contributed by atoms with Crippen molar-refractivity contribution in [2.24, 2.45) is 0 Å². The normalized spacial score (nSPS) is 20.3. The summed E-state index contributed by atoms with van der Waals surface area (Å²) in [6.07, 6.45) is -2.74. The molecule has 1 aromatic rings. The predicted octanol–water partition coefficient (Wildman–Crippen LogP) is 2.06. The molecular weight excluding hydrogens is 269 g/mol. The lowest BCUT2D eigenvalue weighted by atomic mass is 10.3. The third-order valence-corrected chi connectivity index (χ3v) is 3.45. The van der Waals surface area contributed by atoms with Gasteiger partial charge in [-0.3, -0.25) is 4.79 Å². The summed E-state index contributed by atoms with van der Waals surface area (Å²) in [6.45, 7) is 0.678. The zero-order chi connectivity index (χ0) is 13.2. The smallest absolute Gasteiger partial charge is 0.377 e. The van der Waals surface area contributed by atoms with E-state index in [1.54, 1.807) is 0 Å². The van der Waals surface area contributed by atoms with Gasteiger partial charge in [-0.15, -0.1) is 0 Å². The lowest BCUT2D eigenvalue weighted by Crippen LogP contribution is -2.17. The average Bonchev–Trinajstić information content (AvgIpc) is 2.77. The maximum atomic E-state index is 12.4. The number of hydrogen-bond acceptors (Lipinski definition) is 4. The highest BCUT2D eigenvalue weighted by Gasteiger charge is 2.33. The lowest BCUT2D eigenvalue weighted by Gasteiger charge is -2.09. The van der Waals surface area contributed by atoms with E-state index in [0.717, 1.165) is 24.6 Å². The highest BCUT2D eigenvalue weighted by atomic mass is 32.2. The van der Waals surface area contributed by atoms with E-state index in [1.807, 2.05) is 0 Å². The minimum absolute atomic E-state index is 0.0228. The van der Waals surface area contributed by atoms with Crippen LogP contribution >= 0.6 is 11.8 Å². The molecule has 0 aliphatic carbocycles. The summed E-state index contributed by atoms with van der Waals surface area (Å²) >= 11 is 1.07. The number of hydrogen-bond donors (Lipinski definition) is 1. The third kappa shape index (κ3) is 3.49. The molecule has 18 heavy (non-hydrogen) atoms. The van der Waals surface area contributed by atoms with Crippen LogP contribution in [-0.2, 0) is 10.9 Å². The number of thioether (sulfide) groups is 1. The molecule has 4 nitrogen and oxygen atoms in total. The van der Waals surface area contributed by atoms with Crippen molar-refractivity contribution in [2.75, 3.05) is 12.4 Å². The van der Waals surface area contributed by atoms with Gasteiger partial charge >= 0.3 is 6.18 Å². The number of H-pyrrole nitrogens is 1. The predicted molar refractivity (Wildman–Crippen MR) is 59.6 cm³/mol. The van der Waals surface area contributed by atoms with Crippen molar-refractivity contribution in [3.8, 4) is 0 Å². The Morgan fingerprint density at radius 1 is 1.56 bits per heavy atom. The van der Waals surface area contributed by atoms with Crippen molar-refractivity contribution in [1.29, 1.82) is 0 Å². The van der Waals surface area contributed by atoms with Gasteiger partial charge in [0.2, 0.25) is 0 Å². The van der Waals surface area contributed by atoms with E-state index in [1.165, 1.54) is 0 Å². The van der Waals surface area contributed by atoms with Gasteiger partial charge in [-0.05, 0) is 12.8 Å². The Hall–Kier alpha value is -1.02. The molecule has 0 saturated carbocycles. The Morgan fingerprint density at radius 2 is 2.33 bits per heavy atom. The SMILES string of the molecule is O=c1cc(C(F)(F)F)nc(SC[C@@H]2CCCO2)[nH]1. The number of nitrogens with one attached hydrogen (secondary N) is 1. The number of halogens is 3. The fourth-order valence-electron chi connectivity index (χ4n) is 1.60. The molecule has 1 atom stereocenters. The van der Waals surface area contributed by atoms with E-state index in [-0.39, 0.29) is 11.3 Å². The van der Waals surface area contributed by atoms with E-state index in [9.17, 15) is 18.0 Å². The second kappa shape index (κ2) is 5.31. The van der Waals surface area contributed by atoms with Crippen LogP contribution in [0, 0.1) is 0 Å². The molecule has 8 heteroatoms. The van der Waals surface area contributed by atoms with Crippen molar-refractivity contribution in [1.82, 2.24) is 9.97 Å². The van der Waals surface area contributed by atoms with Crippen molar-refractivity contribution >= 4 is 11.8 Å². The molecule has 1 fully saturated rings. The molecule has 2 heterocycles. The summed E-state index contributed by atoms with van der Waals surface area (Å²) < 4.78 is 42.7. The van der Waals surface area contributed by atoms with Gasteiger partial charge < -0.3 is 9.72 Å². The van der Waals surface area contributed by atoms with Gasteiger partial charge in [0.15, 0.2) is 10.9 Å². The fraction of sp³-hybridized carbons (Fsp3) is 0.600. The first-order valence-corrected chi connectivity index (χ1v) is 6.36. The third-order valence-electron chi connectivity index (χ3n) is 2.44. The number of nitrogens with zero attached hydrogens (tertiary/aromatic N) is 1. The second-order valence-corrected chi connectivity index (χ2v) is 4.89. The molecule has 0 amide bonds. The van der Waals surface area contributed by atoms with E-state index in [0.29, 0.717) is 18.4 Å². The summed E-state index contributed by atoms with van der Waals surface area (Å²) in [5.41, 5.74) is -1.96. The first kappa shape index (κ1) is 13.4. The van der Waals surface area contributed by atoms with Crippen LogP contribution < -0.4 is 5.56 Å². The second-order valence-electron chi connectivity index (χ2n) is 3.88. The quantitative estimate of drug-likeness (QED) is 0.680. The summed E-state index contributed by atoms with van der Waals surface area (Å²) in [4.78, 5) is 16.8. The van der Waals surface area contributed by atoms with Crippen molar-refractivity contribution in [3.05, 3.63) is 22.1 Å². The van der Waals surface area contributed by atoms with Gasteiger partial charge in [0.25, 0.3) is 5.56 Å². The first-order valence-electron chi connectivity index (χ1n) is 5.38. The van der Waals surface area contributed by atoms with Gasteiger partial charge in [-0.1, -0.05) is 11.8 Å². The fourth-order valence-corrected chi connectivity index (χ4v) is 2.54. The van der Waals surface area contributed by atoms with Crippen molar-refractivity contribution in [3.63, 3.8) is 0 Å². The molecular formula is C10H11F3N2O2S. The van der Waals surface area contributed by atoms with Gasteiger partial charge in [0.05, 0.1) is 6.10 Å². The molecule has 1 aliphatic rings. The summed E-state index contributed by atoms with van der Waals surface area (Å²) in [7, 11) is 0. The van der Waals surface area contributed by atoms with Crippen LogP contribution in [0.4, 0.5) is 13.2 Å². The van der Waals surface area contributed by atoms with Crippen molar-refractivity contribution < 1.29 is 17.9 Å². The molecule has 1 aromatic heterocycles. The Kier molecular flexibility index (Phi) is 3.96. The van der Waals surface area contributed by atoms with Crippen LogP contribution in [0.1, 0.15) is 18.5 Å². The van der Waals surface area contributed by atoms with Crippen LogP contribution in [0.3, 0.4) is 0 Å². The van der Waals surface area contributed by atoms with Crippen LogP contribution in [0.5, 0.6) is 0 Å². The topological polar surface area (TPSA) is 55.0 Å². The molecule has 1 saturated heterocycles. The van der Waals surface area contributed by atoms with E-state index < -0.39 is 17.4 Å². The largest absolute Gasteiger partial charge is 0.433 e. The van der Waals surface area contributed by atoms with E-state index in [2.05, 4.69) is 9.97 Å². The van der Waals surface area contributed by atoms with Crippen LogP contribution in [0.15, 0.2) is 16.0 Å². The highest BCUT2D eigenvalue weighted by molar-refractivity contribution is 7.99. The summed E-state index contributed by atoms with van der Waals surface area (Å²) in [6, 6.07) is 0.454. The molecule has 0 bridgehead atoms. The summed E-state index contributed by atoms with van der Waals surface area (Å²) in [5.74, 6) is 0.490. The number of aromatic nitrogens is 2. The van der Waals surface area contributed by atoms with E-state index in [4.69, 9.17) is 4.74 Å². The molecule has 0 unspecified atom stereocenters. The Bertz CT molecular complexity index is 469. The number of rotatable bonds is 3. The first-order chi connectivity index (χ1) is 8.45.